The lowest BCUT2D eigenvalue weighted by Gasteiger charge is -2.07. The minimum atomic E-state index is 0.425. The fraction of sp³-hybridized carbons (Fsp3) is 0.333. The fourth-order valence-electron chi connectivity index (χ4n) is 1.41. The Kier molecular flexibility index (Phi) is 4.12. The average Bonchev–Trinajstić information content (AvgIpc) is 2.73. The van der Waals surface area contributed by atoms with Gasteiger partial charge in [-0.05, 0) is 34.0 Å². The van der Waals surface area contributed by atoms with Crippen LogP contribution in [0.25, 0.3) is 0 Å². The van der Waals surface area contributed by atoms with Crippen molar-refractivity contribution >= 4 is 33.1 Å². The van der Waals surface area contributed by atoms with Crippen LogP contribution in [-0.2, 0) is 6.54 Å². The van der Waals surface area contributed by atoms with Gasteiger partial charge in [-0.3, -0.25) is 0 Å². The number of aromatic nitrogens is 2. The quantitative estimate of drug-likeness (QED) is 0.926. The van der Waals surface area contributed by atoms with Crippen molar-refractivity contribution in [2.45, 2.75) is 26.3 Å². The Labute approximate surface area is 113 Å². The third kappa shape index (κ3) is 3.51. The zero-order valence-corrected chi connectivity index (χ0v) is 12.2. The van der Waals surface area contributed by atoms with Gasteiger partial charge in [0.25, 0.3) is 0 Å². The van der Waals surface area contributed by atoms with Crippen molar-refractivity contribution in [3.8, 4) is 0 Å². The largest absolute Gasteiger partial charge is 0.365 e. The molecule has 0 saturated carbocycles. The smallest absolute Gasteiger partial charge is 0.129 e. The first-order chi connectivity index (χ1) is 8.15. The second kappa shape index (κ2) is 5.60. The lowest BCUT2D eigenvalue weighted by molar-refractivity contribution is 0.814. The Morgan fingerprint density at radius 1 is 1.35 bits per heavy atom. The summed E-state index contributed by atoms with van der Waals surface area (Å²) >= 11 is 5.18. The molecule has 0 aliphatic heterocycles. The molecule has 90 valence electrons. The van der Waals surface area contributed by atoms with E-state index >= 15 is 0 Å². The molecule has 0 saturated heterocycles. The van der Waals surface area contributed by atoms with E-state index in [1.54, 1.807) is 17.7 Å². The molecule has 0 unspecified atom stereocenters. The van der Waals surface area contributed by atoms with E-state index in [-0.39, 0.29) is 0 Å². The van der Waals surface area contributed by atoms with Gasteiger partial charge in [0.1, 0.15) is 12.1 Å². The molecule has 0 aromatic carbocycles. The van der Waals surface area contributed by atoms with Crippen LogP contribution in [0.2, 0.25) is 0 Å². The van der Waals surface area contributed by atoms with Crippen LogP contribution >= 0.6 is 27.3 Å². The maximum absolute atomic E-state index is 4.24. The fourth-order valence-corrected chi connectivity index (χ4v) is 2.83. The Bertz CT molecular complexity index is 496. The van der Waals surface area contributed by atoms with Gasteiger partial charge < -0.3 is 5.32 Å². The van der Waals surface area contributed by atoms with E-state index in [2.05, 4.69) is 57.2 Å². The maximum atomic E-state index is 4.24. The van der Waals surface area contributed by atoms with Crippen LogP contribution in [0.3, 0.4) is 0 Å². The van der Waals surface area contributed by atoms with Crippen molar-refractivity contribution in [1.82, 2.24) is 9.97 Å². The second-order valence-corrected chi connectivity index (χ2v) is 6.59. The monoisotopic (exact) mass is 311 g/mol. The molecule has 2 rings (SSSR count). The van der Waals surface area contributed by atoms with Gasteiger partial charge in [0.05, 0.1) is 10.3 Å². The van der Waals surface area contributed by atoms with Gasteiger partial charge in [0.2, 0.25) is 0 Å². The van der Waals surface area contributed by atoms with Crippen LogP contribution in [0, 0.1) is 0 Å². The number of thiophene rings is 1. The normalized spacial score (nSPS) is 10.8. The van der Waals surface area contributed by atoms with Gasteiger partial charge in [-0.15, -0.1) is 11.3 Å². The van der Waals surface area contributed by atoms with E-state index in [0.29, 0.717) is 5.92 Å². The van der Waals surface area contributed by atoms with Crippen molar-refractivity contribution in [2.75, 3.05) is 5.32 Å². The first-order valence-corrected chi connectivity index (χ1v) is 7.06. The number of anilines is 1. The van der Waals surface area contributed by atoms with Crippen LogP contribution < -0.4 is 5.32 Å². The molecule has 2 heterocycles. The van der Waals surface area contributed by atoms with Gasteiger partial charge in [-0.2, -0.15) is 0 Å². The van der Waals surface area contributed by atoms with E-state index < -0.39 is 0 Å². The van der Waals surface area contributed by atoms with Crippen LogP contribution in [0.1, 0.15) is 30.3 Å². The molecule has 0 amide bonds. The molecule has 1 N–H and O–H groups in total. The molecule has 17 heavy (non-hydrogen) atoms. The zero-order valence-electron chi connectivity index (χ0n) is 9.77. The first-order valence-electron chi connectivity index (χ1n) is 5.45. The van der Waals surface area contributed by atoms with E-state index in [1.165, 1.54) is 4.88 Å². The number of hydrogen-bond donors (Lipinski definition) is 1. The second-order valence-electron chi connectivity index (χ2n) is 4.04. The number of nitrogens with zero attached hydrogens (tertiary/aromatic N) is 2. The van der Waals surface area contributed by atoms with Gasteiger partial charge in [-0.1, -0.05) is 13.8 Å². The topological polar surface area (TPSA) is 37.8 Å². The van der Waals surface area contributed by atoms with E-state index in [4.69, 9.17) is 0 Å². The lowest BCUT2D eigenvalue weighted by atomic mass is 10.1. The summed E-state index contributed by atoms with van der Waals surface area (Å²) in [4.78, 5) is 9.74. The predicted molar refractivity (Wildman–Crippen MR) is 75.5 cm³/mol. The van der Waals surface area contributed by atoms with E-state index in [0.717, 1.165) is 21.8 Å². The van der Waals surface area contributed by atoms with Crippen molar-refractivity contribution < 1.29 is 0 Å². The Balaban J connectivity index is 2.01. The Hall–Kier alpha value is -0.940. The Morgan fingerprint density at radius 3 is 2.82 bits per heavy atom. The highest BCUT2D eigenvalue weighted by Crippen LogP contribution is 2.23. The molecular formula is C12H14BrN3S. The molecule has 0 fully saturated rings. The minimum Gasteiger partial charge on any atom is -0.365 e. The molecule has 0 atom stereocenters. The molecule has 0 aliphatic rings. The van der Waals surface area contributed by atoms with Gasteiger partial charge in [0, 0.05) is 16.6 Å². The lowest BCUT2D eigenvalue weighted by Crippen LogP contribution is -2.02. The molecule has 0 radical (unpaired) electrons. The van der Waals surface area contributed by atoms with Gasteiger partial charge >= 0.3 is 0 Å². The van der Waals surface area contributed by atoms with Crippen molar-refractivity contribution in [2.24, 2.45) is 0 Å². The summed E-state index contributed by atoms with van der Waals surface area (Å²) in [6.07, 6.45) is 1.61. The van der Waals surface area contributed by atoms with Crippen LogP contribution in [0.5, 0.6) is 0 Å². The summed E-state index contributed by atoms with van der Waals surface area (Å²) in [7, 11) is 0. The van der Waals surface area contributed by atoms with E-state index in [9.17, 15) is 0 Å². The third-order valence-corrected chi connectivity index (χ3v) is 3.98. The summed E-state index contributed by atoms with van der Waals surface area (Å²) < 4.78 is 1.15. The first kappa shape index (κ1) is 12.5. The van der Waals surface area contributed by atoms with Crippen molar-refractivity contribution in [3.63, 3.8) is 0 Å². The summed E-state index contributed by atoms with van der Waals surface area (Å²) in [6.45, 7) is 5.05. The van der Waals surface area contributed by atoms with E-state index in [1.807, 2.05) is 6.07 Å². The molecule has 3 nitrogen and oxygen atoms in total. The molecule has 0 aliphatic carbocycles. The molecule has 2 aromatic heterocycles. The van der Waals surface area contributed by atoms with Crippen LogP contribution in [0.4, 0.5) is 5.82 Å². The Morgan fingerprint density at radius 2 is 2.18 bits per heavy atom. The van der Waals surface area contributed by atoms with Crippen molar-refractivity contribution in [1.29, 1.82) is 0 Å². The number of nitrogens with one attached hydrogen (secondary N) is 1. The standard InChI is InChI=1S/C12H14BrN3S/c1-8(2)10-5-12(16-7-15-10)14-6-9-3-4-11(13)17-9/h3-5,7-8H,6H2,1-2H3,(H,14,15,16). The SMILES string of the molecule is CC(C)c1cc(NCc2ccc(Br)s2)ncn1. The number of hydrogen-bond acceptors (Lipinski definition) is 4. The van der Waals surface area contributed by atoms with Crippen molar-refractivity contribution in [3.05, 3.63) is 38.9 Å². The highest BCUT2D eigenvalue weighted by molar-refractivity contribution is 9.11. The molecule has 0 bridgehead atoms. The molecule has 0 spiro atoms. The molecular weight excluding hydrogens is 298 g/mol. The van der Waals surface area contributed by atoms with Gasteiger partial charge in [0.15, 0.2) is 0 Å². The summed E-state index contributed by atoms with van der Waals surface area (Å²) in [5.41, 5.74) is 1.06. The van der Waals surface area contributed by atoms with Gasteiger partial charge in [-0.25, -0.2) is 9.97 Å². The van der Waals surface area contributed by atoms with Crippen LogP contribution in [0.15, 0.2) is 28.3 Å². The predicted octanol–water partition coefficient (Wildman–Crippen LogP) is 4.04. The highest BCUT2D eigenvalue weighted by atomic mass is 79.9. The zero-order chi connectivity index (χ0) is 12.3. The average molecular weight is 312 g/mol. The summed E-state index contributed by atoms with van der Waals surface area (Å²) in [6, 6.07) is 6.17. The third-order valence-electron chi connectivity index (χ3n) is 2.35. The highest BCUT2D eigenvalue weighted by Gasteiger charge is 2.03. The minimum absolute atomic E-state index is 0.425. The summed E-state index contributed by atoms with van der Waals surface area (Å²) in [5, 5.41) is 3.31. The summed E-state index contributed by atoms with van der Waals surface area (Å²) in [5.74, 6) is 1.31. The molecule has 5 heteroatoms. The number of halogens is 1. The maximum Gasteiger partial charge on any atom is 0.129 e. The van der Waals surface area contributed by atoms with Crippen LogP contribution in [-0.4, -0.2) is 9.97 Å². The molecule has 2 aromatic rings. The number of rotatable bonds is 4.